The molecule has 0 unspecified atom stereocenters. The fourth-order valence-electron chi connectivity index (χ4n) is 1.68. The van der Waals surface area contributed by atoms with Gasteiger partial charge >= 0.3 is 0 Å². The van der Waals surface area contributed by atoms with Crippen LogP contribution in [0, 0.1) is 11.8 Å². The van der Waals surface area contributed by atoms with Crippen molar-refractivity contribution < 1.29 is 0 Å². The molecule has 66 valence electrons. The van der Waals surface area contributed by atoms with Gasteiger partial charge in [0.05, 0.1) is 0 Å². The average Bonchev–Trinajstić information content (AvgIpc) is 2.05. The van der Waals surface area contributed by atoms with Gasteiger partial charge in [-0.3, -0.25) is 4.31 Å². The molecule has 1 nitrogen and oxygen atoms in total. The van der Waals surface area contributed by atoms with Crippen molar-refractivity contribution in [2.75, 3.05) is 19.3 Å². The van der Waals surface area contributed by atoms with Crippen molar-refractivity contribution in [2.24, 2.45) is 11.8 Å². The Bertz CT molecular complexity index is 114. The highest BCUT2D eigenvalue weighted by Gasteiger charge is 2.21. The van der Waals surface area contributed by atoms with E-state index in [0.29, 0.717) is 0 Å². The van der Waals surface area contributed by atoms with Crippen molar-refractivity contribution in [1.82, 2.24) is 4.31 Å². The van der Waals surface area contributed by atoms with Crippen molar-refractivity contribution in [3.63, 3.8) is 0 Å². The third kappa shape index (κ3) is 2.68. The summed E-state index contributed by atoms with van der Waals surface area (Å²) in [7, 11) is 0. The van der Waals surface area contributed by atoms with Crippen molar-refractivity contribution in [3.05, 3.63) is 0 Å². The first-order chi connectivity index (χ1) is 5.24. The molecule has 1 aliphatic rings. The van der Waals surface area contributed by atoms with Gasteiger partial charge in [0, 0.05) is 13.1 Å². The van der Waals surface area contributed by atoms with Gasteiger partial charge in [-0.2, -0.15) is 0 Å². The van der Waals surface area contributed by atoms with Gasteiger partial charge in [-0.25, -0.2) is 0 Å². The molecule has 0 N–H and O–H groups in total. The van der Waals surface area contributed by atoms with E-state index in [-0.39, 0.29) is 0 Å². The summed E-state index contributed by atoms with van der Waals surface area (Å²) in [4.78, 5) is 0. The van der Waals surface area contributed by atoms with Crippen LogP contribution in [0.2, 0.25) is 0 Å². The maximum absolute atomic E-state index is 2.49. The maximum Gasteiger partial charge on any atom is 0.0120 e. The summed E-state index contributed by atoms with van der Waals surface area (Å²) in [6.45, 7) is 7.28. The van der Waals surface area contributed by atoms with Crippen LogP contribution >= 0.6 is 11.9 Å². The lowest BCUT2D eigenvalue weighted by molar-refractivity contribution is 0.231. The summed E-state index contributed by atoms with van der Waals surface area (Å²) < 4.78 is 2.49. The second kappa shape index (κ2) is 4.36. The molecule has 1 rings (SSSR count). The molecule has 1 heterocycles. The van der Waals surface area contributed by atoms with E-state index in [2.05, 4.69) is 24.4 Å². The molecule has 0 aromatic heterocycles. The Balaban J connectivity index is 2.33. The van der Waals surface area contributed by atoms with Crippen LogP contribution in [0.3, 0.4) is 0 Å². The van der Waals surface area contributed by atoms with Gasteiger partial charge in [0.25, 0.3) is 0 Å². The Morgan fingerprint density at radius 2 is 2.18 bits per heavy atom. The van der Waals surface area contributed by atoms with E-state index < -0.39 is 0 Å². The maximum atomic E-state index is 2.49. The van der Waals surface area contributed by atoms with E-state index in [1.54, 1.807) is 0 Å². The van der Waals surface area contributed by atoms with Gasteiger partial charge < -0.3 is 0 Å². The fourth-order valence-corrected chi connectivity index (χ4v) is 2.34. The lowest BCUT2D eigenvalue weighted by atomic mass is 9.89. The van der Waals surface area contributed by atoms with Crippen molar-refractivity contribution in [1.29, 1.82) is 0 Å². The lowest BCUT2D eigenvalue weighted by Gasteiger charge is -2.32. The molecule has 0 saturated carbocycles. The van der Waals surface area contributed by atoms with Crippen LogP contribution in [0.4, 0.5) is 0 Å². The predicted molar refractivity (Wildman–Crippen MR) is 52.7 cm³/mol. The summed E-state index contributed by atoms with van der Waals surface area (Å²) in [6, 6.07) is 0. The third-order valence-corrected chi connectivity index (χ3v) is 3.47. The largest absolute Gasteiger partial charge is 0.251 e. The quantitative estimate of drug-likeness (QED) is 0.591. The highest BCUT2D eigenvalue weighted by atomic mass is 32.2. The molecule has 1 saturated heterocycles. The average molecular weight is 173 g/mol. The van der Waals surface area contributed by atoms with Crippen LogP contribution in [-0.2, 0) is 0 Å². The molecule has 11 heavy (non-hydrogen) atoms. The van der Waals surface area contributed by atoms with Crippen molar-refractivity contribution >= 4 is 11.9 Å². The Morgan fingerprint density at radius 1 is 1.45 bits per heavy atom. The third-order valence-electron chi connectivity index (χ3n) is 2.62. The summed E-state index contributed by atoms with van der Waals surface area (Å²) in [6.07, 6.45) is 5.02. The molecule has 2 heteroatoms. The predicted octanol–water partition coefficient (Wildman–Crippen LogP) is 2.63. The first-order valence-electron chi connectivity index (χ1n) is 4.53. The minimum absolute atomic E-state index is 0.866. The molecule has 0 radical (unpaired) electrons. The van der Waals surface area contributed by atoms with E-state index >= 15 is 0 Å². The zero-order valence-electron chi connectivity index (χ0n) is 7.84. The van der Waals surface area contributed by atoms with Gasteiger partial charge in [0.15, 0.2) is 0 Å². The minimum atomic E-state index is 0.866. The molecule has 0 aliphatic carbocycles. The first kappa shape index (κ1) is 9.40. The van der Waals surface area contributed by atoms with Crippen LogP contribution in [0.15, 0.2) is 0 Å². The van der Waals surface area contributed by atoms with Gasteiger partial charge in [0.2, 0.25) is 0 Å². The second-order valence-electron chi connectivity index (χ2n) is 3.72. The zero-order valence-corrected chi connectivity index (χ0v) is 8.66. The van der Waals surface area contributed by atoms with Crippen LogP contribution in [0.25, 0.3) is 0 Å². The summed E-state index contributed by atoms with van der Waals surface area (Å²) in [5.74, 6) is 1.81. The molecule has 1 aliphatic heterocycles. The monoisotopic (exact) mass is 173 g/mol. The Labute approximate surface area is 74.7 Å². The lowest BCUT2D eigenvalue weighted by Crippen LogP contribution is -2.32. The molecule has 0 aromatic carbocycles. The SMILES string of the molecule is CSN1CCC[C@@H](C(C)C)C1. The Kier molecular flexibility index (Phi) is 3.73. The van der Waals surface area contributed by atoms with E-state index in [4.69, 9.17) is 0 Å². The number of hydrogen-bond donors (Lipinski definition) is 0. The van der Waals surface area contributed by atoms with E-state index in [1.807, 2.05) is 11.9 Å². The minimum Gasteiger partial charge on any atom is -0.251 e. The molecule has 0 spiro atoms. The normalized spacial score (nSPS) is 27.8. The fraction of sp³-hybridized carbons (Fsp3) is 1.00. The Hall–Kier alpha value is 0.310. The topological polar surface area (TPSA) is 3.24 Å². The van der Waals surface area contributed by atoms with Gasteiger partial charge in [0.1, 0.15) is 0 Å². The Morgan fingerprint density at radius 3 is 2.73 bits per heavy atom. The molecule has 1 atom stereocenters. The highest BCUT2D eigenvalue weighted by Crippen LogP contribution is 2.26. The van der Waals surface area contributed by atoms with E-state index in [0.717, 1.165) is 11.8 Å². The summed E-state index contributed by atoms with van der Waals surface area (Å²) >= 11 is 1.90. The number of hydrogen-bond acceptors (Lipinski definition) is 2. The molecular formula is C9H19NS. The molecule has 0 aromatic rings. The molecule has 1 fully saturated rings. The van der Waals surface area contributed by atoms with E-state index in [1.165, 1.54) is 25.9 Å². The van der Waals surface area contributed by atoms with Gasteiger partial charge in [-0.05, 0) is 30.9 Å². The number of piperidine rings is 1. The smallest absolute Gasteiger partial charge is 0.0120 e. The van der Waals surface area contributed by atoms with Gasteiger partial charge in [-0.1, -0.05) is 25.8 Å². The molecule has 0 amide bonds. The van der Waals surface area contributed by atoms with Crippen molar-refractivity contribution in [2.45, 2.75) is 26.7 Å². The highest BCUT2D eigenvalue weighted by molar-refractivity contribution is 7.96. The number of rotatable bonds is 2. The zero-order chi connectivity index (χ0) is 8.27. The van der Waals surface area contributed by atoms with Crippen LogP contribution in [-0.4, -0.2) is 23.7 Å². The summed E-state index contributed by atoms with van der Waals surface area (Å²) in [5.41, 5.74) is 0. The first-order valence-corrected chi connectivity index (χ1v) is 5.71. The van der Waals surface area contributed by atoms with Crippen molar-refractivity contribution in [3.8, 4) is 0 Å². The van der Waals surface area contributed by atoms with Crippen LogP contribution in [0.1, 0.15) is 26.7 Å². The standard InChI is InChI=1S/C9H19NS/c1-8(2)9-5-4-6-10(7-9)11-3/h8-9H,4-7H2,1-3H3/t9-/m1/s1. The molecular weight excluding hydrogens is 154 g/mol. The van der Waals surface area contributed by atoms with Crippen LogP contribution < -0.4 is 0 Å². The van der Waals surface area contributed by atoms with Crippen LogP contribution in [0.5, 0.6) is 0 Å². The molecule has 0 bridgehead atoms. The number of nitrogens with zero attached hydrogens (tertiary/aromatic N) is 1. The van der Waals surface area contributed by atoms with Gasteiger partial charge in [-0.15, -0.1) is 0 Å². The second-order valence-corrected chi connectivity index (χ2v) is 4.60. The van der Waals surface area contributed by atoms with E-state index in [9.17, 15) is 0 Å². The summed E-state index contributed by atoms with van der Waals surface area (Å²) in [5, 5.41) is 0.